The number of fused-ring (bicyclic) bond motifs is 1. The van der Waals surface area contributed by atoms with Crippen LogP contribution in [-0.4, -0.2) is 34.2 Å². The molecule has 0 aliphatic rings. The Labute approximate surface area is 184 Å². The summed E-state index contributed by atoms with van der Waals surface area (Å²) < 4.78 is 13.4. The second kappa shape index (κ2) is 10.1. The Balaban J connectivity index is 1.64. The molecule has 0 bridgehead atoms. The molecule has 1 atom stereocenters. The number of rotatable bonds is 7. The fourth-order valence-corrected chi connectivity index (χ4v) is 4.08. The van der Waals surface area contributed by atoms with Gasteiger partial charge in [0.2, 0.25) is 0 Å². The minimum absolute atomic E-state index is 0.0689. The molecule has 0 unspecified atom stereocenters. The first-order valence-corrected chi connectivity index (χ1v) is 10.9. The van der Waals surface area contributed by atoms with Gasteiger partial charge in [-0.1, -0.05) is 42.2 Å². The number of hydrogen-bond donors (Lipinski definition) is 2. The van der Waals surface area contributed by atoms with E-state index in [1.54, 1.807) is 12.4 Å². The lowest BCUT2D eigenvalue weighted by Crippen LogP contribution is -2.31. The molecule has 0 amide bonds. The summed E-state index contributed by atoms with van der Waals surface area (Å²) in [7, 11) is 0. The summed E-state index contributed by atoms with van der Waals surface area (Å²) in [6, 6.07) is 13.8. The second-order valence-corrected chi connectivity index (χ2v) is 7.91. The minimum Gasteiger partial charge on any atom is -0.367 e. The highest BCUT2D eigenvalue weighted by molar-refractivity contribution is 7.18. The number of alkyl halides is 1. The molecule has 0 saturated heterocycles. The van der Waals surface area contributed by atoms with E-state index in [-0.39, 0.29) is 12.5 Å². The molecule has 156 valence electrons. The third kappa shape index (κ3) is 5.23. The molecule has 0 radical (unpaired) electrons. The van der Waals surface area contributed by atoms with Gasteiger partial charge in [0.1, 0.15) is 18.0 Å². The molecule has 0 spiro atoms. The number of aromatic nitrogens is 3. The molecule has 3 N–H and O–H groups in total. The number of benzene rings is 1. The van der Waals surface area contributed by atoms with Crippen LogP contribution < -0.4 is 11.1 Å². The van der Waals surface area contributed by atoms with Gasteiger partial charge in [-0.25, -0.2) is 9.97 Å². The molecule has 31 heavy (non-hydrogen) atoms. The maximum Gasteiger partial charge on any atom is 0.162 e. The van der Waals surface area contributed by atoms with Crippen LogP contribution >= 0.6 is 11.3 Å². The predicted molar refractivity (Wildman–Crippen MR) is 125 cm³/mol. The predicted octanol–water partition coefficient (Wildman–Crippen LogP) is 4.45. The number of hydrogen-bond acceptors (Lipinski definition) is 6. The van der Waals surface area contributed by atoms with E-state index in [1.165, 1.54) is 16.9 Å². The lowest BCUT2D eigenvalue weighted by atomic mass is 10.1. The van der Waals surface area contributed by atoms with Crippen LogP contribution in [-0.2, 0) is 6.42 Å². The molecule has 7 heteroatoms. The van der Waals surface area contributed by atoms with Gasteiger partial charge in [0.05, 0.1) is 10.3 Å². The average Bonchev–Trinajstić information content (AvgIpc) is 3.22. The Morgan fingerprint density at radius 3 is 2.68 bits per heavy atom. The highest BCUT2D eigenvalue weighted by Crippen LogP contribution is 2.32. The lowest BCUT2D eigenvalue weighted by molar-refractivity contribution is 0.505. The van der Waals surface area contributed by atoms with E-state index in [4.69, 9.17) is 15.7 Å². The van der Waals surface area contributed by atoms with Gasteiger partial charge in [0.15, 0.2) is 5.82 Å². The summed E-state index contributed by atoms with van der Waals surface area (Å²) in [5, 5.41) is 5.35. The third-order valence-electron chi connectivity index (χ3n) is 4.67. The quantitative estimate of drug-likeness (QED) is 0.423. The van der Waals surface area contributed by atoms with Crippen LogP contribution in [0.25, 0.3) is 21.6 Å². The molecule has 4 aromatic rings. The zero-order valence-corrected chi connectivity index (χ0v) is 17.7. The highest BCUT2D eigenvalue weighted by atomic mass is 32.1. The summed E-state index contributed by atoms with van der Waals surface area (Å²) in [5.74, 6) is 7.20. The van der Waals surface area contributed by atoms with Gasteiger partial charge >= 0.3 is 0 Å². The van der Waals surface area contributed by atoms with Crippen molar-refractivity contribution in [1.82, 2.24) is 15.0 Å². The molecule has 3 heterocycles. The van der Waals surface area contributed by atoms with Gasteiger partial charge in [0, 0.05) is 42.3 Å². The van der Waals surface area contributed by atoms with Crippen molar-refractivity contribution in [2.45, 2.75) is 18.9 Å². The number of nitrogens with two attached hydrogens (primary N) is 1. The molecule has 3 aromatic heterocycles. The molecule has 5 nitrogen and oxygen atoms in total. The van der Waals surface area contributed by atoms with E-state index in [0.29, 0.717) is 12.4 Å². The standard InChI is InChI=1S/C24H22FN5S/c25-11-5-4-8-19-16-31-22-21(19)29-23(18-9-12-27-13-10-18)30-24(22)28-15-20(26)14-17-6-2-1-3-7-17/h1-3,6-7,9-10,12-13,16,20H,5,11,14-15,26H2,(H,28,29,30)/t20-/m0/s1. The van der Waals surface area contributed by atoms with Crippen molar-refractivity contribution in [3.63, 3.8) is 0 Å². The largest absolute Gasteiger partial charge is 0.367 e. The Hall–Kier alpha value is -3.34. The maximum atomic E-state index is 12.5. The third-order valence-corrected chi connectivity index (χ3v) is 5.64. The van der Waals surface area contributed by atoms with Crippen molar-refractivity contribution in [1.29, 1.82) is 0 Å². The van der Waals surface area contributed by atoms with Crippen molar-refractivity contribution in [3.8, 4) is 23.2 Å². The first-order chi connectivity index (χ1) is 15.2. The fourth-order valence-electron chi connectivity index (χ4n) is 3.18. The van der Waals surface area contributed by atoms with E-state index >= 15 is 0 Å². The van der Waals surface area contributed by atoms with Crippen LogP contribution in [0.2, 0.25) is 0 Å². The van der Waals surface area contributed by atoms with Gasteiger partial charge in [-0.15, -0.1) is 11.3 Å². The highest BCUT2D eigenvalue weighted by Gasteiger charge is 2.15. The summed E-state index contributed by atoms with van der Waals surface area (Å²) in [5.41, 5.74) is 9.97. The van der Waals surface area contributed by atoms with Crippen LogP contribution in [0, 0.1) is 11.8 Å². The van der Waals surface area contributed by atoms with Crippen molar-refractivity contribution < 1.29 is 4.39 Å². The number of thiophene rings is 1. The van der Waals surface area contributed by atoms with Crippen molar-refractivity contribution in [3.05, 3.63) is 71.4 Å². The van der Waals surface area contributed by atoms with Gasteiger partial charge < -0.3 is 11.1 Å². The van der Waals surface area contributed by atoms with Crippen molar-refractivity contribution in [2.24, 2.45) is 5.73 Å². The van der Waals surface area contributed by atoms with Crippen molar-refractivity contribution >= 4 is 27.4 Å². The van der Waals surface area contributed by atoms with Crippen LogP contribution in [0.4, 0.5) is 10.2 Å². The van der Waals surface area contributed by atoms with Crippen LogP contribution in [0.5, 0.6) is 0 Å². The molecule has 4 rings (SSSR count). The number of halogens is 1. The summed E-state index contributed by atoms with van der Waals surface area (Å²) in [6.07, 6.45) is 4.39. The number of nitrogens with one attached hydrogen (secondary N) is 1. The Morgan fingerprint density at radius 2 is 1.90 bits per heavy atom. The van der Waals surface area contributed by atoms with Crippen molar-refractivity contribution in [2.75, 3.05) is 18.5 Å². The smallest absolute Gasteiger partial charge is 0.162 e. The van der Waals surface area contributed by atoms with Crippen LogP contribution in [0.1, 0.15) is 17.5 Å². The zero-order valence-electron chi connectivity index (χ0n) is 16.9. The molecular formula is C24H22FN5S. The fraction of sp³-hybridized carbons (Fsp3) is 0.208. The van der Waals surface area contributed by atoms with E-state index in [2.05, 4.69) is 34.3 Å². The maximum absolute atomic E-state index is 12.5. The van der Waals surface area contributed by atoms with E-state index in [1.807, 2.05) is 35.7 Å². The Kier molecular flexibility index (Phi) is 6.82. The van der Waals surface area contributed by atoms with Crippen LogP contribution in [0.3, 0.4) is 0 Å². The molecule has 0 aliphatic carbocycles. The molecule has 0 fully saturated rings. The van der Waals surface area contributed by atoms with E-state index in [9.17, 15) is 4.39 Å². The monoisotopic (exact) mass is 431 g/mol. The summed E-state index contributed by atoms with van der Waals surface area (Å²) in [4.78, 5) is 13.6. The normalized spacial score (nSPS) is 11.7. The Morgan fingerprint density at radius 1 is 1.10 bits per heavy atom. The second-order valence-electron chi connectivity index (χ2n) is 7.03. The number of pyridine rings is 1. The SMILES string of the molecule is N[C@H](CNc1nc(-c2ccncc2)nc2c(C#CCCF)csc12)Cc1ccccc1. The average molecular weight is 432 g/mol. The molecular weight excluding hydrogens is 409 g/mol. The van der Waals surface area contributed by atoms with Crippen LogP contribution in [0.15, 0.2) is 60.2 Å². The summed E-state index contributed by atoms with van der Waals surface area (Å²) in [6.45, 7) is 0.107. The number of anilines is 1. The van der Waals surface area contributed by atoms with Gasteiger partial charge in [-0.05, 0) is 24.1 Å². The minimum atomic E-state index is -0.460. The van der Waals surface area contributed by atoms with E-state index < -0.39 is 6.67 Å². The molecule has 0 saturated carbocycles. The van der Waals surface area contributed by atoms with Gasteiger partial charge in [0.25, 0.3) is 0 Å². The first kappa shape index (κ1) is 20.9. The van der Waals surface area contributed by atoms with Gasteiger partial charge in [-0.2, -0.15) is 0 Å². The number of nitrogens with zero attached hydrogens (tertiary/aromatic N) is 3. The van der Waals surface area contributed by atoms with Gasteiger partial charge in [-0.3, -0.25) is 9.37 Å². The molecule has 1 aromatic carbocycles. The lowest BCUT2D eigenvalue weighted by Gasteiger charge is -2.14. The Bertz CT molecular complexity index is 1200. The first-order valence-electron chi connectivity index (χ1n) is 10.0. The molecule has 0 aliphatic heterocycles. The zero-order chi connectivity index (χ0) is 21.5. The van der Waals surface area contributed by atoms with E-state index in [0.717, 1.165) is 33.6 Å². The topological polar surface area (TPSA) is 76.7 Å². The summed E-state index contributed by atoms with van der Waals surface area (Å²) >= 11 is 1.52.